The molecular weight excluding hydrogens is 384 g/mol. The summed E-state index contributed by atoms with van der Waals surface area (Å²) >= 11 is 0. The number of carbonyl (C=O) groups is 2. The number of nitrogens with one attached hydrogen (secondary N) is 1. The van der Waals surface area contributed by atoms with Crippen LogP contribution in [-0.4, -0.2) is 80.6 Å². The van der Waals surface area contributed by atoms with Crippen LogP contribution in [0.15, 0.2) is 23.5 Å². The summed E-state index contributed by atoms with van der Waals surface area (Å²) < 4.78 is 53.9. The van der Waals surface area contributed by atoms with Crippen molar-refractivity contribution in [1.29, 1.82) is 0 Å². The first-order valence-electron chi connectivity index (χ1n) is 8.58. The van der Waals surface area contributed by atoms with E-state index < -0.39 is 35.1 Å². The van der Waals surface area contributed by atoms with Crippen molar-refractivity contribution in [3.05, 3.63) is 23.5 Å². The van der Waals surface area contributed by atoms with Gasteiger partial charge in [0.05, 0.1) is 36.7 Å². The van der Waals surface area contributed by atoms with E-state index in [0.717, 1.165) is 0 Å². The third kappa shape index (κ3) is 4.53. The van der Waals surface area contributed by atoms with Crippen molar-refractivity contribution in [2.45, 2.75) is 25.4 Å². The number of ether oxygens (including phenoxy) is 1. The predicted octanol–water partition coefficient (Wildman–Crippen LogP) is 1.82. The zero-order valence-electron chi connectivity index (χ0n) is 14.9. The van der Waals surface area contributed by atoms with Crippen molar-refractivity contribution in [1.82, 2.24) is 15.1 Å². The minimum absolute atomic E-state index is 0.0697. The molecule has 0 radical (unpaired) electrons. The molecule has 3 aliphatic rings. The Bertz CT molecular complexity index is 688. The van der Waals surface area contributed by atoms with Gasteiger partial charge in [0.1, 0.15) is 6.10 Å². The number of cyclic esters (lactones) is 1. The first-order valence-corrected chi connectivity index (χ1v) is 10.5. The molecule has 2 saturated heterocycles. The zero-order valence-corrected chi connectivity index (χ0v) is 15.7. The van der Waals surface area contributed by atoms with Crippen LogP contribution in [0, 0.1) is 0 Å². The van der Waals surface area contributed by atoms with Crippen molar-refractivity contribution >= 4 is 22.6 Å². The van der Waals surface area contributed by atoms with Gasteiger partial charge in [-0.3, -0.25) is 18.8 Å². The molecule has 8 nitrogen and oxygen atoms in total. The minimum Gasteiger partial charge on any atom is -0.442 e. The van der Waals surface area contributed by atoms with Crippen LogP contribution >= 0.6 is 10.6 Å². The molecule has 11 heteroatoms. The summed E-state index contributed by atoms with van der Waals surface area (Å²) in [5, 5.41) is 2.54. The summed E-state index contributed by atoms with van der Waals surface area (Å²) in [5.74, 6) is -3.31. The number of allylic oxidation sites excluding steroid dienone is 4. The van der Waals surface area contributed by atoms with Gasteiger partial charge in [0.2, 0.25) is 5.91 Å². The lowest BCUT2D eigenvalue weighted by molar-refractivity contribution is -0.119. The van der Waals surface area contributed by atoms with Crippen molar-refractivity contribution in [2.24, 2.45) is 0 Å². The lowest BCUT2D eigenvalue weighted by atomic mass is 10.0. The molecule has 27 heavy (non-hydrogen) atoms. The largest absolute Gasteiger partial charge is 0.442 e. The van der Waals surface area contributed by atoms with Crippen molar-refractivity contribution in [2.75, 3.05) is 37.7 Å². The van der Waals surface area contributed by atoms with E-state index in [2.05, 4.69) is 5.32 Å². The molecule has 2 aliphatic heterocycles. The fourth-order valence-electron chi connectivity index (χ4n) is 3.28. The van der Waals surface area contributed by atoms with E-state index in [9.17, 15) is 27.5 Å². The highest BCUT2D eigenvalue weighted by Crippen LogP contribution is 2.44. The average Bonchev–Trinajstić information content (AvgIpc) is 2.94. The average molecular weight is 407 g/mol. The molecule has 0 bridgehead atoms. The first kappa shape index (κ1) is 19.9. The van der Waals surface area contributed by atoms with Gasteiger partial charge in [-0.05, 0) is 12.2 Å². The SMILES string of the molecule is CC(=O)NC[C@H]1CN(C2=CC=C(N3CCS(O)(O)CC3)C(F)(F)C2)C(=O)O1. The van der Waals surface area contributed by atoms with E-state index in [4.69, 9.17) is 4.74 Å². The monoisotopic (exact) mass is 407 g/mol. The molecule has 3 N–H and O–H groups in total. The number of hydrogen-bond acceptors (Lipinski definition) is 6. The van der Waals surface area contributed by atoms with Gasteiger partial charge in [-0.2, -0.15) is 19.4 Å². The van der Waals surface area contributed by atoms with E-state index in [1.165, 1.54) is 28.9 Å². The van der Waals surface area contributed by atoms with E-state index in [1.807, 2.05) is 0 Å². The topological polar surface area (TPSA) is 102 Å². The van der Waals surface area contributed by atoms with Crippen LogP contribution in [0.1, 0.15) is 13.3 Å². The number of nitrogens with zero attached hydrogens (tertiary/aromatic N) is 2. The van der Waals surface area contributed by atoms with Crippen molar-refractivity contribution in [3.63, 3.8) is 0 Å². The molecule has 0 aromatic carbocycles. The minimum atomic E-state index is -3.18. The lowest BCUT2D eigenvalue weighted by Crippen LogP contribution is -2.44. The fraction of sp³-hybridized carbons (Fsp3) is 0.625. The summed E-state index contributed by atoms with van der Waals surface area (Å²) in [6.45, 7) is 1.86. The normalized spacial score (nSPS) is 28.2. The summed E-state index contributed by atoms with van der Waals surface area (Å²) in [7, 11) is -2.67. The summed E-state index contributed by atoms with van der Waals surface area (Å²) in [4.78, 5) is 25.6. The van der Waals surface area contributed by atoms with Crippen LogP contribution in [0.4, 0.5) is 13.6 Å². The highest BCUT2D eigenvalue weighted by atomic mass is 32.3. The lowest BCUT2D eigenvalue weighted by Gasteiger charge is -2.44. The highest BCUT2D eigenvalue weighted by molar-refractivity contribution is 8.24. The molecule has 0 spiro atoms. The molecule has 3 rings (SSSR count). The molecule has 152 valence electrons. The highest BCUT2D eigenvalue weighted by Gasteiger charge is 2.45. The van der Waals surface area contributed by atoms with Gasteiger partial charge in [-0.15, -0.1) is 0 Å². The second-order valence-corrected chi connectivity index (χ2v) is 9.26. The predicted molar refractivity (Wildman–Crippen MR) is 95.5 cm³/mol. The molecule has 0 saturated carbocycles. The van der Waals surface area contributed by atoms with Crippen LogP contribution in [-0.2, 0) is 9.53 Å². The Morgan fingerprint density at radius 2 is 2.04 bits per heavy atom. The van der Waals surface area contributed by atoms with E-state index in [0.29, 0.717) is 0 Å². The Morgan fingerprint density at radius 3 is 2.63 bits per heavy atom. The van der Waals surface area contributed by atoms with E-state index >= 15 is 0 Å². The second-order valence-electron chi connectivity index (χ2n) is 6.84. The fourth-order valence-corrected chi connectivity index (χ4v) is 4.51. The van der Waals surface area contributed by atoms with Crippen LogP contribution in [0.25, 0.3) is 0 Å². The molecule has 2 heterocycles. The quantitative estimate of drug-likeness (QED) is 0.657. The Morgan fingerprint density at radius 1 is 1.37 bits per heavy atom. The van der Waals surface area contributed by atoms with Gasteiger partial charge in [-0.1, -0.05) is 0 Å². The molecule has 0 unspecified atom stereocenters. The van der Waals surface area contributed by atoms with E-state index in [1.54, 1.807) is 0 Å². The van der Waals surface area contributed by atoms with Crippen LogP contribution in [0.3, 0.4) is 0 Å². The number of halogens is 2. The Kier molecular flexibility index (Phi) is 5.37. The van der Waals surface area contributed by atoms with Crippen LogP contribution in [0.5, 0.6) is 0 Å². The van der Waals surface area contributed by atoms with Gasteiger partial charge in [-0.25, -0.2) is 4.79 Å². The summed E-state index contributed by atoms with van der Waals surface area (Å²) in [6.07, 6.45) is 0.809. The molecule has 1 aliphatic carbocycles. The molecular formula is C16H23F2N3O5S. The van der Waals surface area contributed by atoms with Gasteiger partial charge in [0, 0.05) is 25.7 Å². The molecule has 0 aromatic heterocycles. The maximum absolute atomic E-state index is 14.7. The molecule has 2 amide bonds. The van der Waals surface area contributed by atoms with Crippen LogP contribution in [0.2, 0.25) is 0 Å². The number of carbonyl (C=O) groups excluding carboxylic acids is 2. The third-order valence-electron chi connectivity index (χ3n) is 4.73. The number of hydrogen-bond donors (Lipinski definition) is 3. The second kappa shape index (κ2) is 7.28. The van der Waals surface area contributed by atoms with Crippen LogP contribution < -0.4 is 5.32 Å². The smallest absolute Gasteiger partial charge is 0.414 e. The molecule has 0 aromatic rings. The Labute approximate surface area is 157 Å². The maximum atomic E-state index is 14.7. The summed E-state index contributed by atoms with van der Waals surface area (Å²) in [6, 6.07) is 0. The summed E-state index contributed by atoms with van der Waals surface area (Å²) in [5.41, 5.74) is -0.0242. The molecule has 1 atom stereocenters. The van der Waals surface area contributed by atoms with Crippen molar-refractivity contribution in [3.8, 4) is 0 Å². The molecule has 2 fully saturated rings. The zero-order chi connectivity index (χ0) is 19.8. The van der Waals surface area contributed by atoms with Gasteiger partial charge in [0.25, 0.3) is 5.92 Å². The Balaban J connectivity index is 1.70. The third-order valence-corrected chi connectivity index (χ3v) is 6.40. The van der Waals surface area contributed by atoms with Gasteiger partial charge < -0.3 is 15.0 Å². The van der Waals surface area contributed by atoms with Gasteiger partial charge in [0.15, 0.2) is 0 Å². The number of rotatable bonds is 4. The van der Waals surface area contributed by atoms with Crippen molar-refractivity contribution < 1.29 is 32.2 Å². The van der Waals surface area contributed by atoms with Gasteiger partial charge >= 0.3 is 6.09 Å². The Hall–Kier alpha value is -1.85. The maximum Gasteiger partial charge on any atom is 0.414 e. The number of alkyl halides is 2. The van der Waals surface area contributed by atoms with E-state index in [-0.39, 0.29) is 55.0 Å². The number of amides is 2. The first-order chi connectivity index (χ1) is 12.6. The standard InChI is InChI=1S/C16H23F2N3O5S/c1-11(22)19-9-13-10-21(15(23)26-13)12-2-3-14(16(17,18)8-12)20-4-6-27(24,25)7-5-20/h2-3,13,24-25H,4-10H2,1H3,(H,19,22)/t13-/m0/s1.